The van der Waals surface area contributed by atoms with Crippen molar-refractivity contribution in [2.45, 2.75) is 50.1 Å². The molecular formula is C22H24ClN5OS. The fourth-order valence-corrected chi connectivity index (χ4v) is 4.70. The van der Waals surface area contributed by atoms with Gasteiger partial charge in [0.25, 0.3) is 0 Å². The Bertz CT molecular complexity index is 1070. The van der Waals surface area contributed by atoms with Crippen LogP contribution in [0.3, 0.4) is 0 Å². The predicted molar refractivity (Wildman–Crippen MR) is 122 cm³/mol. The van der Waals surface area contributed by atoms with Gasteiger partial charge in [0.2, 0.25) is 11.1 Å². The molecule has 3 aromatic rings. The zero-order valence-corrected chi connectivity index (χ0v) is 18.7. The van der Waals surface area contributed by atoms with E-state index in [9.17, 15) is 4.79 Å². The van der Waals surface area contributed by atoms with Crippen LogP contribution in [0.1, 0.15) is 41.9 Å². The number of amides is 1. The highest BCUT2D eigenvalue weighted by Gasteiger charge is 2.37. The fraction of sp³-hybridized carbons (Fsp3) is 0.318. The molecule has 1 aliphatic rings. The minimum absolute atomic E-state index is 0.0764. The zero-order chi connectivity index (χ0) is 21.3. The summed E-state index contributed by atoms with van der Waals surface area (Å²) in [4.78, 5) is 13.4. The van der Waals surface area contributed by atoms with E-state index in [2.05, 4.69) is 27.9 Å². The van der Waals surface area contributed by atoms with Crippen LogP contribution in [-0.4, -0.2) is 26.0 Å². The number of anilines is 1. The van der Waals surface area contributed by atoms with Crippen molar-refractivity contribution in [1.29, 1.82) is 0 Å². The van der Waals surface area contributed by atoms with Gasteiger partial charge in [0.15, 0.2) is 5.82 Å². The molecule has 2 N–H and O–H groups in total. The third-order valence-electron chi connectivity index (χ3n) is 5.12. The average molecular weight is 442 g/mol. The van der Waals surface area contributed by atoms with Gasteiger partial charge in [-0.15, -0.1) is 10.2 Å². The second-order valence-electron chi connectivity index (χ2n) is 7.49. The van der Waals surface area contributed by atoms with E-state index in [0.717, 1.165) is 41.0 Å². The molecule has 4 rings (SSSR count). The number of hydrogen-bond donors (Lipinski definition) is 2. The first-order chi connectivity index (χ1) is 14.5. The normalized spacial score (nSPS) is 17.9. The smallest absolute Gasteiger partial charge is 0.240 e. The first kappa shape index (κ1) is 20.8. The van der Waals surface area contributed by atoms with Crippen molar-refractivity contribution >= 4 is 35.0 Å². The van der Waals surface area contributed by atoms with Gasteiger partial charge in [0, 0.05) is 17.1 Å². The van der Waals surface area contributed by atoms with Gasteiger partial charge >= 0.3 is 0 Å². The number of nitrogens with one attached hydrogen (secondary N) is 2. The van der Waals surface area contributed by atoms with E-state index in [1.54, 1.807) is 0 Å². The van der Waals surface area contributed by atoms with Gasteiger partial charge in [-0.25, -0.2) is 4.68 Å². The predicted octanol–water partition coefficient (Wildman–Crippen LogP) is 4.90. The number of nitrogens with zero attached hydrogens (tertiary/aromatic N) is 3. The molecule has 1 aliphatic heterocycles. The minimum Gasteiger partial charge on any atom is -0.325 e. The van der Waals surface area contributed by atoms with Crippen molar-refractivity contribution in [3.63, 3.8) is 0 Å². The molecule has 156 valence electrons. The molecule has 0 aliphatic carbocycles. The van der Waals surface area contributed by atoms with Crippen molar-refractivity contribution in [2.75, 3.05) is 10.7 Å². The van der Waals surface area contributed by atoms with E-state index in [1.807, 2.05) is 61.0 Å². The van der Waals surface area contributed by atoms with Gasteiger partial charge in [-0.1, -0.05) is 54.6 Å². The molecule has 0 spiro atoms. The summed E-state index contributed by atoms with van der Waals surface area (Å²) in [7, 11) is 0. The SMILES string of the molecule is CCCc1nnc2n1N[C@@H](c1ccc(Cl)cc1)[C@@H](C(=O)Nc1cc(C)ccc1C)S2. The summed E-state index contributed by atoms with van der Waals surface area (Å²) in [6, 6.07) is 13.4. The third kappa shape index (κ3) is 4.18. The molecule has 2 aromatic carbocycles. The monoisotopic (exact) mass is 441 g/mol. The number of benzene rings is 2. The molecule has 1 amide bonds. The Morgan fingerprint density at radius 3 is 2.70 bits per heavy atom. The molecular weight excluding hydrogens is 418 g/mol. The molecule has 0 fully saturated rings. The van der Waals surface area contributed by atoms with Gasteiger partial charge in [-0.3, -0.25) is 4.79 Å². The van der Waals surface area contributed by atoms with Crippen LogP contribution >= 0.6 is 23.4 Å². The number of fused-ring (bicyclic) bond motifs is 1. The second-order valence-corrected chi connectivity index (χ2v) is 9.03. The van der Waals surface area contributed by atoms with Crippen LogP contribution in [0, 0.1) is 13.8 Å². The lowest BCUT2D eigenvalue weighted by Crippen LogP contribution is -2.41. The molecule has 0 radical (unpaired) electrons. The lowest BCUT2D eigenvalue weighted by Gasteiger charge is -2.33. The van der Waals surface area contributed by atoms with Crippen LogP contribution < -0.4 is 10.7 Å². The number of thioether (sulfide) groups is 1. The summed E-state index contributed by atoms with van der Waals surface area (Å²) in [6.07, 6.45) is 1.78. The van der Waals surface area contributed by atoms with Crippen molar-refractivity contribution in [1.82, 2.24) is 14.9 Å². The standard InChI is InChI=1S/C22H24ClN5OS/c1-4-5-18-25-26-22-28(18)27-19(15-8-10-16(23)11-9-15)20(30-22)21(29)24-17-12-13(2)6-7-14(17)3/h6-12,19-20,27H,4-5H2,1-3H3,(H,24,29)/t19-,20-/m0/s1. The molecule has 2 atom stereocenters. The van der Waals surface area contributed by atoms with Gasteiger partial charge in [0.1, 0.15) is 5.25 Å². The summed E-state index contributed by atoms with van der Waals surface area (Å²) >= 11 is 7.52. The number of carbonyl (C=O) groups excluding carboxylic acids is 1. The van der Waals surface area contributed by atoms with Crippen molar-refractivity contribution < 1.29 is 4.79 Å². The van der Waals surface area contributed by atoms with Crippen LogP contribution in [0.5, 0.6) is 0 Å². The average Bonchev–Trinajstić information content (AvgIpc) is 3.12. The van der Waals surface area contributed by atoms with Crippen molar-refractivity contribution in [2.24, 2.45) is 0 Å². The molecule has 1 aromatic heterocycles. The summed E-state index contributed by atoms with van der Waals surface area (Å²) < 4.78 is 1.91. The number of aryl methyl sites for hydroxylation is 3. The summed E-state index contributed by atoms with van der Waals surface area (Å²) in [5, 5.41) is 12.7. The van der Waals surface area contributed by atoms with Crippen LogP contribution in [0.25, 0.3) is 0 Å². The van der Waals surface area contributed by atoms with Crippen LogP contribution in [0.2, 0.25) is 5.02 Å². The molecule has 30 heavy (non-hydrogen) atoms. The summed E-state index contributed by atoms with van der Waals surface area (Å²) in [6.45, 7) is 6.11. The van der Waals surface area contributed by atoms with Gasteiger partial charge in [-0.2, -0.15) is 0 Å². The largest absolute Gasteiger partial charge is 0.325 e. The number of aromatic nitrogens is 3. The van der Waals surface area contributed by atoms with E-state index >= 15 is 0 Å². The molecule has 0 saturated carbocycles. The Hall–Kier alpha value is -2.51. The van der Waals surface area contributed by atoms with Gasteiger partial charge in [-0.05, 0) is 55.2 Å². The Morgan fingerprint density at radius 2 is 1.97 bits per heavy atom. The van der Waals surface area contributed by atoms with Gasteiger partial charge < -0.3 is 10.7 Å². The van der Waals surface area contributed by atoms with Crippen molar-refractivity contribution in [3.05, 3.63) is 70.0 Å². The van der Waals surface area contributed by atoms with Crippen LogP contribution in [0.15, 0.2) is 47.6 Å². The Kier molecular flexibility index (Phi) is 6.01. The summed E-state index contributed by atoms with van der Waals surface area (Å²) in [5.74, 6) is 0.791. The maximum Gasteiger partial charge on any atom is 0.240 e. The molecule has 0 saturated heterocycles. The van der Waals surface area contributed by atoms with E-state index in [-0.39, 0.29) is 11.9 Å². The molecule has 8 heteroatoms. The Balaban J connectivity index is 1.68. The second kappa shape index (κ2) is 8.70. The molecule has 2 heterocycles. The molecule has 0 bridgehead atoms. The topological polar surface area (TPSA) is 71.8 Å². The highest BCUT2D eigenvalue weighted by Crippen LogP contribution is 2.38. The number of rotatable bonds is 5. The first-order valence-electron chi connectivity index (χ1n) is 9.97. The lowest BCUT2D eigenvalue weighted by molar-refractivity contribution is -0.116. The maximum atomic E-state index is 13.4. The molecule has 6 nitrogen and oxygen atoms in total. The van der Waals surface area contributed by atoms with E-state index in [1.165, 1.54) is 11.8 Å². The highest BCUT2D eigenvalue weighted by atomic mass is 35.5. The third-order valence-corrected chi connectivity index (χ3v) is 6.58. The fourth-order valence-electron chi connectivity index (χ4n) is 3.48. The lowest BCUT2D eigenvalue weighted by atomic mass is 10.0. The quantitative estimate of drug-likeness (QED) is 0.589. The zero-order valence-electron chi connectivity index (χ0n) is 17.1. The Labute approximate surface area is 185 Å². The van der Waals surface area contributed by atoms with E-state index in [4.69, 9.17) is 11.6 Å². The maximum absolute atomic E-state index is 13.4. The summed E-state index contributed by atoms with van der Waals surface area (Å²) in [5.41, 5.74) is 7.41. The number of halogens is 1. The van der Waals surface area contributed by atoms with Gasteiger partial charge in [0.05, 0.1) is 6.04 Å². The van der Waals surface area contributed by atoms with Crippen LogP contribution in [-0.2, 0) is 11.2 Å². The van der Waals surface area contributed by atoms with Crippen LogP contribution in [0.4, 0.5) is 5.69 Å². The molecule has 0 unspecified atom stereocenters. The van der Waals surface area contributed by atoms with E-state index in [0.29, 0.717) is 10.2 Å². The van der Waals surface area contributed by atoms with E-state index < -0.39 is 5.25 Å². The minimum atomic E-state index is -0.419. The van der Waals surface area contributed by atoms with Crippen molar-refractivity contribution in [3.8, 4) is 0 Å². The first-order valence-corrected chi connectivity index (χ1v) is 11.2. The Morgan fingerprint density at radius 1 is 1.20 bits per heavy atom. The number of hydrogen-bond acceptors (Lipinski definition) is 5. The highest BCUT2D eigenvalue weighted by molar-refractivity contribution is 8.00. The number of carbonyl (C=O) groups is 1.